The molecular formula is C15H22O3. The molecule has 3 heteroatoms. The van der Waals surface area contributed by atoms with Crippen molar-refractivity contribution in [1.29, 1.82) is 0 Å². The molecule has 2 aliphatic rings. The van der Waals surface area contributed by atoms with Gasteiger partial charge in [0.25, 0.3) is 0 Å². The monoisotopic (exact) mass is 250 g/mol. The molecule has 0 radical (unpaired) electrons. The lowest BCUT2D eigenvalue weighted by molar-refractivity contribution is -0.141. The number of hydrogen-bond donors (Lipinski definition) is 0. The van der Waals surface area contributed by atoms with Crippen molar-refractivity contribution in [1.82, 2.24) is 0 Å². The van der Waals surface area contributed by atoms with Gasteiger partial charge in [0.1, 0.15) is 0 Å². The molecule has 2 fully saturated rings. The maximum atomic E-state index is 11.9. The van der Waals surface area contributed by atoms with Crippen LogP contribution in [0.4, 0.5) is 0 Å². The Morgan fingerprint density at radius 1 is 1.28 bits per heavy atom. The van der Waals surface area contributed by atoms with Crippen LogP contribution in [0.1, 0.15) is 51.4 Å². The molecule has 100 valence electrons. The first-order valence-corrected chi connectivity index (χ1v) is 7.02. The molecule has 1 unspecified atom stereocenters. The number of carbonyl (C=O) groups is 2. The van der Waals surface area contributed by atoms with E-state index in [-0.39, 0.29) is 17.7 Å². The van der Waals surface area contributed by atoms with Crippen LogP contribution in [0, 0.1) is 11.8 Å². The Balaban J connectivity index is 2.04. The molecule has 0 N–H and O–H groups in total. The summed E-state index contributed by atoms with van der Waals surface area (Å²) in [5.74, 6) is 0.696. The molecule has 0 bridgehead atoms. The maximum absolute atomic E-state index is 11.9. The van der Waals surface area contributed by atoms with Crippen LogP contribution in [-0.4, -0.2) is 18.9 Å². The SMILES string of the molecule is COC(=O)CC1CCC(=O)C1=CC1CCCCC1. The summed E-state index contributed by atoms with van der Waals surface area (Å²) >= 11 is 0. The van der Waals surface area contributed by atoms with E-state index >= 15 is 0 Å². The number of ketones is 1. The molecule has 0 aromatic rings. The first-order chi connectivity index (χ1) is 8.70. The Morgan fingerprint density at radius 3 is 2.67 bits per heavy atom. The van der Waals surface area contributed by atoms with Crippen molar-refractivity contribution in [3.8, 4) is 0 Å². The van der Waals surface area contributed by atoms with E-state index in [9.17, 15) is 9.59 Å². The number of methoxy groups -OCH3 is 1. The van der Waals surface area contributed by atoms with Gasteiger partial charge in [0.15, 0.2) is 5.78 Å². The molecule has 0 amide bonds. The van der Waals surface area contributed by atoms with Gasteiger partial charge in [-0.2, -0.15) is 0 Å². The third-order valence-corrected chi connectivity index (χ3v) is 4.19. The Hall–Kier alpha value is -1.12. The van der Waals surface area contributed by atoms with Crippen molar-refractivity contribution in [3.05, 3.63) is 11.6 Å². The number of carbonyl (C=O) groups excluding carboxylic acids is 2. The molecule has 1 atom stereocenters. The summed E-state index contributed by atoms with van der Waals surface area (Å²) < 4.78 is 4.71. The van der Waals surface area contributed by atoms with Crippen molar-refractivity contribution >= 4 is 11.8 Å². The maximum Gasteiger partial charge on any atom is 0.306 e. The number of hydrogen-bond acceptors (Lipinski definition) is 3. The van der Waals surface area contributed by atoms with E-state index in [1.54, 1.807) is 0 Å². The van der Waals surface area contributed by atoms with E-state index in [1.165, 1.54) is 39.2 Å². The molecule has 0 aliphatic heterocycles. The lowest BCUT2D eigenvalue weighted by Gasteiger charge is -2.20. The minimum absolute atomic E-state index is 0.104. The normalized spacial score (nSPS) is 27.7. The molecule has 0 saturated heterocycles. The molecule has 0 aromatic carbocycles. The molecule has 0 heterocycles. The Labute approximate surface area is 109 Å². The van der Waals surface area contributed by atoms with E-state index in [0.29, 0.717) is 18.8 Å². The molecule has 0 aromatic heterocycles. The average Bonchev–Trinajstić information content (AvgIpc) is 2.72. The molecule has 2 saturated carbocycles. The van der Waals surface area contributed by atoms with Crippen molar-refractivity contribution in [2.45, 2.75) is 51.4 Å². The molecule has 0 spiro atoms. The number of rotatable bonds is 3. The summed E-state index contributed by atoms with van der Waals surface area (Å²) in [6.45, 7) is 0. The van der Waals surface area contributed by atoms with Crippen LogP contribution in [0.3, 0.4) is 0 Å². The second-order valence-electron chi connectivity index (χ2n) is 5.46. The van der Waals surface area contributed by atoms with Gasteiger partial charge >= 0.3 is 5.97 Å². The van der Waals surface area contributed by atoms with Gasteiger partial charge in [-0.25, -0.2) is 0 Å². The fraction of sp³-hybridized carbons (Fsp3) is 0.733. The summed E-state index contributed by atoms with van der Waals surface area (Å²) in [6.07, 6.45) is 10.2. The highest BCUT2D eigenvalue weighted by Crippen LogP contribution is 2.34. The quantitative estimate of drug-likeness (QED) is 0.571. The highest BCUT2D eigenvalue weighted by atomic mass is 16.5. The standard InChI is InChI=1S/C15H22O3/c1-18-15(17)10-12-7-8-14(16)13(12)9-11-5-3-2-4-6-11/h9,11-12H,2-8,10H2,1H3. The highest BCUT2D eigenvalue weighted by molar-refractivity contribution is 5.98. The molecule has 3 nitrogen and oxygen atoms in total. The Bertz CT molecular complexity index is 351. The van der Waals surface area contributed by atoms with Gasteiger partial charge in [-0.05, 0) is 36.7 Å². The van der Waals surface area contributed by atoms with Gasteiger partial charge in [-0.3, -0.25) is 9.59 Å². The zero-order chi connectivity index (χ0) is 13.0. The van der Waals surface area contributed by atoms with Crippen LogP contribution in [0.15, 0.2) is 11.6 Å². The van der Waals surface area contributed by atoms with Crippen molar-refractivity contribution in [2.24, 2.45) is 11.8 Å². The number of Topliss-reactive ketones (excluding diaryl/α,β-unsaturated/α-hetero) is 1. The van der Waals surface area contributed by atoms with Gasteiger partial charge < -0.3 is 4.74 Å². The van der Waals surface area contributed by atoms with Crippen LogP contribution in [0.5, 0.6) is 0 Å². The molecule has 2 aliphatic carbocycles. The third kappa shape index (κ3) is 3.21. The minimum atomic E-state index is -0.204. The Morgan fingerprint density at radius 2 is 2.00 bits per heavy atom. The topological polar surface area (TPSA) is 43.4 Å². The van der Waals surface area contributed by atoms with Gasteiger partial charge in [0.2, 0.25) is 0 Å². The smallest absolute Gasteiger partial charge is 0.306 e. The first-order valence-electron chi connectivity index (χ1n) is 7.02. The number of ether oxygens (including phenoxy) is 1. The van der Waals surface area contributed by atoms with Crippen LogP contribution in [0.25, 0.3) is 0 Å². The second kappa shape index (κ2) is 6.17. The first kappa shape index (κ1) is 13.3. The van der Waals surface area contributed by atoms with Crippen molar-refractivity contribution in [3.63, 3.8) is 0 Å². The highest BCUT2D eigenvalue weighted by Gasteiger charge is 2.31. The number of allylic oxidation sites excluding steroid dienone is 2. The Kier molecular flexibility index (Phi) is 4.56. The third-order valence-electron chi connectivity index (χ3n) is 4.19. The zero-order valence-electron chi connectivity index (χ0n) is 11.1. The number of esters is 1. The van der Waals surface area contributed by atoms with Crippen LogP contribution in [0.2, 0.25) is 0 Å². The van der Waals surface area contributed by atoms with Crippen molar-refractivity contribution in [2.75, 3.05) is 7.11 Å². The summed E-state index contributed by atoms with van der Waals surface area (Å²) in [5, 5.41) is 0. The van der Waals surface area contributed by atoms with Gasteiger partial charge in [0, 0.05) is 6.42 Å². The van der Waals surface area contributed by atoms with Crippen LogP contribution in [-0.2, 0) is 14.3 Å². The summed E-state index contributed by atoms with van der Waals surface area (Å²) in [7, 11) is 1.41. The zero-order valence-corrected chi connectivity index (χ0v) is 11.1. The predicted molar refractivity (Wildman–Crippen MR) is 69.0 cm³/mol. The van der Waals surface area contributed by atoms with Crippen molar-refractivity contribution < 1.29 is 14.3 Å². The van der Waals surface area contributed by atoms with Gasteiger partial charge in [0.05, 0.1) is 13.5 Å². The van der Waals surface area contributed by atoms with E-state index in [2.05, 4.69) is 6.08 Å². The second-order valence-corrected chi connectivity index (χ2v) is 5.46. The fourth-order valence-electron chi connectivity index (χ4n) is 3.11. The van der Waals surface area contributed by atoms with Crippen LogP contribution >= 0.6 is 0 Å². The van der Waals surface area contributed by atoms with Gasteiger partial charge in [-0.15, -0.1) is 0 Å². The van der Waals surface area contributed by atoms with E-state index in [0.717, 1.165) is 12.0 Å². The minimum Gasteiger partial charge on any atom is -0.469 e. The summed E-state index contributed by atoms with van der Waals surface area (Å²) in [4.78, 5) is 23.3. The lowest BCUT2D eigenvalue weighted by Crippen LogP contribution is -2.12. The van der Waals surface area contributed by atoms with Crippen LogP contribution < -0.4 is 0 Å². The summed E-state index contributed by atoms with van der Waals surface area (Å²) in [5.41, 5.74) is 0.910. The van der Waals surface area contributed by atoms with E-state index < -0.39 is 0 Å². The summed E-state index contributed by atoms with van der Waals surface area (Å²) in [6, 6.07) is 0. The van der Waals surface area contributed by atoms with E-state index in [4.69, 9.17) is 4.74 Å². The lowest BCUT2D eigenvalue weighted by atomic mass is 9.85. The predicted octanol–water partition coefficient (Wildman–Crippen LogP) is 3.04. The average molecular weight is 250 g/mol. The molecular weight excluding hydrogens is 228 g/mol. The molecule has 18 heavy (non-hydrogen) atoms. The fourth-order valence-corrected chi connectivity index (χ4v) is 3.11. The molecule has 2 rings (SSSR count). The van der Waals surface area contributed by atoms with Gasteiger partial charge in [-0.1, -0.05) is 25.3 Å². The van der Waals surface area contributed by atoms with E-state index in [1.807, 2.05) is 0 Å². The largest absolute Gasteiger partial charge is 0.469 e.